The molecule has 88 valence electrons. The van der Waals surface area contributed by atoms with E-state index in [2.05, 4.69) is 5.32 Å². The molecule has 1 aromatic carbocycles. The van der Waals surface area contributed by atoms with Gasteiger partial charge in [-0.3, -0.25) is 4.79 Å². The first-order valence-electron chi connectivity index (χ1n) is 4.94. The molecule has 0 aliphatic heterocycles. The molecule has 1 unspecified atom stereocenters. The van der Waals surface area contributed by atoms with Crippen molar-refractivity contribution in [3.63, 3.8) is 0 Å². The van der Waals surface area contributed by atoms with Crippen molar-refractivity contribution in [2.75, 3.05) is 20.2 Å². The van der Waals surface area contributed by atoms with Crippen LogP contribution in [0.2, 0.25) is 0 Å². The lowest BCUT2D eigenvalue weighted by Gasteiger charge is -2.11. The van der Waals surface area contributed by atoms with Gasteiger partial charge in [-0.25, -0.2) is 0 Å². The number of primary amides is 1. The molecule has 1 amide bonds. The Morgan fingerprint density at radius 1 is 1.50 bits per heavy atom. The third-order valence-electron chi connectivity index (χ3n) is 2.14. The fourth-order valence-corrected chi connectivity index (χ4v) is 1.28. The molecule has 0 spiro atoms. The number of carbonyl (C=O) groups excluding carboxylic acids is 1. The smallest absolute Gasteiger partial charge is 0.231 e. The Hall–Kier alpha value is -1.59. The summed E-state index contributed by atoms with van der Waals surface area (Å²) in [6.45, 7) is 0.350. The predicted octanol–water partition coefficient (Wildman–Crippen LogP) is -0.197. The first-order chi connectivity index (χ1) is 7.63. The van der Waals surface area contributed by atoms with E-state index in [-0.39, 0.29) is 13.1 Å². The minimum atomic E-state index is -0.662. The number of ether oxygens (including phenoxy) is 1. The number of amides is 1. The lowest BCUT2D eigenvalue weighted by molar-refractivity contribution is -0.117. The summed E-state index contributed by atoms with van der Waals surface area (Å²) in [4.78, 5) is 10.5. The van der Waals surface area contributed by atoms with E-state index in [9.17, 15) is 9.90 Å². The van der Waals surface area contributed by atoms with Crippen LogP contribution in [0.3, 0.4) is 0 Å². The van der Waals surface area contributed by atoms with Gasteiger partial charge in [0, 0.05) is 6.54 Å². The second-order valence-corrected chi connectivity index (χ2v) is 3.39. The van der Waals surface area contributed by atoms with Gasteiger partial charge in [0.1, 0.15) is 5.75 Å². The molecular weight excluding hydrogens is 208 g/mol. The van der Waals surface area contributed by atoms with E-state index in [4.69, 9.17) is 10.5 Å². The van der Waals surface area contributed by atoms with Crippen LogP contribution in [-0.4, -0.2) is 31.2 Å². The summed E-state index contributed by atoms with van der Waals surface area (Å²) in [5.74, 6) is 0.294. The summed E-state index contributed by atoms with van der Waals surface area (Å²) < 4.78 is 5.00. The molecule has 16 heavy (non-hydrogen) atoms. The fraction of sp³-hybridized carbons (Fsp3) is 0.364. The zero-order chi connectivity index (χ0) is 12.0. The molecule has 0 saturated carbocycles. The highest BCUT2D eigenvalue weighted by molar-refractivity contribution is 5.75. The van der Waals surface area contributed by atoms with Crippen molar-refractivity contribution in [3.05, 3.63) is 29.8 Å². The lowest BCUT2D eigenvalue weighted by atomic mass is 10.1. The molecule has 4 N–H and O–H groups in total. The van der Waals surface area contributed by atoms with Gasteiger partial charge in [0.05, 0.1) is 19.8 Å². The highest BCUT2D eigenvalue weighted by Gasteiger charge is 2.07. The molecule has 0 aliphatic rings. The number of nitrogens with one attached hydrogen (secondary N) is 1. The van der Waals surface area contributed by atoms with E-state index in [1.165, 1.54) is 0 Å². The highest BCUT2D eigenvalue weighted by Crippen LogP contribution is 2.16. The third-order valence-corrected chi connectivity index (χ3v) is 2.14. The molecule has 1 rings (SSSR count). The molecule has 5 heteroatoms. The van der Waals surface area contributed by atoms with E-state index in [0.29, 0.717) is 0 Å². The van der Waals surface area contributed by atoms with Gasteiger partial charge in [-0.2, -0.15) is 0 Å². The normalized spacial score (nSPS) is 12.1. The summed E-state index contributed by atoms with van der Waals surface area (Å²) >= 11 is 0. The van der Waals surface area contributed by atoms with Crippen LogP contribution in [0.25, 0.3) is 0 Å². The van der Waals surface area contributed by atoms with Crippen molar-refractivity contribution in [2.45, 2.75) is 6.10 Å². The van der Waals surface area contributed by atoms with Gasteiger partial charge >= 0.3 is 0 Å². The van der Waals surface area contributed by atoms with Crippen molar-refractivity contribution in [1.82, 2.24) is 5.32 Å². The molecule has 0 bridgehead atoms. The van der Waals surface area contributed by atoms with Gasteiger partial charge in [-0.05, 0) is 17.7 Å². The van der Waals surface area contributed by atoms with Crippen molar-refractivity contribution >= 4 is 5.91 Å². The number of rotatable bonds is 6. The van der Waals surface area contributed by atoms with Crippen LogP contribution in [-0.2, 0) is 4.79 Å². The Balaban J connectivity index is 2.45. The van der Waals surface area contributed by atoms with Gasteiger partial charge in [-0.1, -0.05) is 12.1 Å². The molecule has 1 atom stereocenters. The summed E-state index contributed by atoms with van der Waals surface area (Å²) in [7, 11) is 1.58. The molecule has 0 heterocycles. The Labute approximate surface area is 94.2 Å². The molecule has 0 aromatic heterocycles. The van der Waals surface area contributed by atoms with Crippen molar-refractivity contribution in [1.29, 1.82) is 0 Å². The zero-order valence-corrected chi connectivity index (χ0v) is 9.14. The maximum absolute atomic E-state index is 10.5. The van der Waals surface area contributed by atoms with E-state index in [1.807, 2.05) is 0 Å². The van der Waals surface area contributed by atoms with Crippen LogP contribution in [0, 0.1) is 0 Å². The average molecular weight is 224 g/mol. The monoisotopic (exact) mass is 224 g/mol. The van der Waals surface area contributed by atoms with Gasteiger partial charge < -0.3 is 20.9 Å². The summed E-state index contributed by atoms with van der Waals surface area (Å²) in [6, 6.07) is 7.09. The highest BCUT2D eigenvalue weighted by atomic mass is 16.5. The van der Waals surface area contributed by atoms with E-state index in [1.54, 1.807) is 31.4 Å². The quantitative estimate of drug-likeness (QED) is 0.625. The van der Waals surface area contributed by atoms with Crippen molar-refractivity contribution in [2.24, 2.45) is 5.73 Å². The Kier molecular flexibility index (Phi) is 4.75. The molecule has 1 aromatic rings. The van der Waals surface area contributed by atoms with E-state index < -0.39 is 12.0 Å². The first kappa shape index (κ1) is 12.5. The van der Waals surface area contributed by atoms with Crippen LogP contribution in [0.4, 0.5) is 0 Å². The number of hydrogen-bond donors (Lipinski definition) is 3. The van der Waals surface area contributed by atoms with E-state index in [0.717, 1.165) is 11.3 Å². The number of hydrogen-bond acceptors (Lipinski definition) is 4. The fourth-order valence-electron chi connectivity index (χ4n) is 1.28. The number of aliphatic hydroxyl groups excluding tert-OH is 1. The minimum Gasteiger partial charge on any atom is -0.497 e. The van der Waals surface area contributed by atoms with Crippen LogP contribution < -0.4 is 15.8 Å². The summed E-state index contributed by atoms with van der Waals surface area (Å²) in [5.41, 5.74) is 5.72. The largest absolute Gasteiger partial charge is 0.497 e. The topological polar surface area (TPSA) is 84.6 Å². The molecule has 0 fully saturated rings. The number of aliphatic hydroxyl groups is 1. The lowest BCUT2D eigenvalue weighted by Crippen LogP contribution is -2.31. The molecule has 5 nitrogen and oxygen atoms in total. The molecule has 0 aliphatic carbocycles. The van der Waals surface area contributed by atoms with Gasteiger partial charge in [0.15, 0.2) is 0 Å². The molecule has 0 saturated heterocycles. The second kappa shape index (κ2) is 6.09. The van der Waals surface area contributed by atoms with E-state index >= 15 is 0 Å². The minimum absolute atomic E-state index is 0.0627. The van der Waals surface area contributed by atoms with Crippen LogP contribution in [0.1, 0.15) is 11.7 Å². The average Bonchev–Trinajstić information content (AvgIpc) is 2.28. The van der Waals surface area contributed by atoms with Crippen LogP contribution >= 0.6 is 0 Å². The summed E-state index contributed by atoms with van der Waals surface area (Å²) in [6.07, 6.45) is -0.662. The van der Waals surface area contributed by atoms with Gasteiger partial charge in [-0.15, -0.1) is 0 Å². The van der Waals surface area contributed by atoms with Crippen molar-refractivity contribution < 1.29 is 14.6 Å². The standard InChI is InChI=1S/C11H16N2O3/c1-16-9-4-2-8(3-5-9)10(14)6-13-7-11(12)15/h2-5,10,13-14H,6-7H2,1H3,(H2,12,15). The van der Waals surface area contributed by atoms with Gasteiger partial charge in [0.2, 0.25) is 5.91 Å². The van der Waals surface area contributed by atoms with Crippen LogP contribution in [0.5, 0.6) is 5.75 Å². The number of carbonyl (C=O) groups is 1. The Morgan fingerprint density at radius 2 is 2.12 bits per heavy atom. The number of nitrogens with two attached hydrogens (primary N) is 1. The Morgan fingerprint density at radius 3 is 2.62 bits per heavy atom. The SMILES string of the molecule is COc1ccc(C(O)CNCC(N)=O)cc1. The first-order valence-corrected chi connectivity index (χ1v) is 4.94. The van der Waals surface area contributed by atoms with Gasteiger partial charge in [0.25, 0.3) is 0 Å². The maximum atomic E-state index is 10.5. The third kappa shape index (κ3) is 3.88. The Bertz CT molecular complexity index is 338. The van der Waals surface area contributed by atoms with Crippen molar-refractivity contribution in [3.8, 4) is 5.75 Å². The number of methoxy groups -OCH3 is 1. The second-order valence-electron chi connectivity index (χ2n) is 3.39. The zero-order valence-electron chi connectivity index (χ0n) is 9.14. The predicted molar refractivity (Wildman–Crippen MR) is 60.0 cm³/mol. The molecular formula is C11H16N2O3. The van der Waals surface area contributed by atoms with Crippen LogP contribution in [0.15, 0.2) is 24.3 Å². The molecule has 0 radical (unpaired) electrons. The summed E-state index contributed by atoms with van der Waals surface area (Å²) in [5, 5.41) is 12.5. The maximum Gasteiger partial charge on any atom is 0.231 e. The number of benzene rings is 1.